The molecule has 0 aliphatic carbocycles. The van der Waals surface area contributed by atoms with E-state index >= 15 is 0 Å². The smallest absolute Gasteiger partial charge is 0.209 e. The van der Waals surface area contributed by atoms with E-state index in [1.165, 1.54) is 5.56 Å². The lowest BCUT2D eigenvalue weighted by molar-refractivity contribution is 0.530. The molecule has 0 saturated carbocycles. The zero-order chi connectivity index (χ0) is 11.9. The Morgan fingerprint density at radius 1 is 1.47 bits per heavy atom. The zero-order valence-corrected chi connectivity index (χ0v) is 10.4. The first-order valence-electron chi connectivity index (χ1n) is 5.32. The summed E-state index contributed by atoms with van der Waals surface area (Å²) in [5.41, 5.74) is 1.17. The van der Waals surface area contributed by atoms with E-state index in [-0.39, 0.29) is 0 Å². The highest BCUT2D eigenvalue weighted by Gasteiger charge is 2.06. The summed E-state index contributed by atoms with van der Waals surface area (Å²) in [5, 5.41) is 15.5. The maximum absolute atomic E-state index is 4.07. The monoisotopic (exact) mass is 250 g/mol. The molecule has 17 heavy (non-hydrogen) atoms. The van der Waals surface area contributed by atoms with Gasteiger partial charge < -0.3 is 5.32 Å². The van der Waals surface area contributed by atoms with Crippen LogP contribution in [-0.2, 0) is 12.3 Å². The van der Waals surface area contributed by atoms with Gasteiger partial charge in [-0.15, -0.1) is 5.10 Å². The summed E-state index contributed by atoms with van der Waals surface area (Å²) in [6.45, 7) is 1.63. The Hall–Kier alpha value is -1.47. The number of nitrogens with one attached hydrogen (secondary N) is 1. The van der Waals surface area contributed by atoms with Gasteiger partial charge in [-0.25, -0.2) is 4.68 Å². The third-order valence-electron chi connectivity index (χ3n) is 2.16. The first-order chi connectivity index (χ1) is 8.40. The van der Waals surface area contributed by atoms with Gasteiger partial charge in [0.25, 0.3) is 0 Å². The van der Waals surface area contributed by atoms with Crippen LogP contribution in [0, 0.1) is 0 Å². The molecule has 0 saturated heterocycles. The molecule has 0 fully saturated rings. The molecule has 0 atom stereocenters. The van der Waals surface area contributed by atoms with E-state index in [2.05, 4.69) is 25.8 Å². The highest BCUT2D eigenvalue weighted by Crippen LogP contribution is 2.18. The van der Waals surface area contributed by atoms with Crippen molar-refractivity contribution in [3.8, 4) is 0 Å². The molecule has 2 aromatic rings. The fourth-order valence-corrected chi connectivity index (χ4v) is 2.13. The molecule has 2 rings (SSSR count). The third-order valence-corrected chi connectivity index (χ3v) is 3.19. The van der Waals surface area contributed by atoms with Crippen LogP contribution in [0.4, 0.5) is 0 Å². The van der Waals surface area contributed by atoms with Gasteiger partial charge in [0, 0.05) is 24.7 Å². The maximum atomic E-state index is 4.07. The summed E-state index contributed by atoms with van der Waals surface area (Å²) in [6.07, 6.45) is 3.62. The minimum atomic E-state index is 0.777. The van der Waals surface area contributed by atoms with Crippen LogP contribution >= 0.6 is 11.8 Å². The van der Waals surface area contributed by atoms with Crippen molar-refractivity contribution >= 4 is 11.8 Å². The zero-order valence-electron chi connectivity index (χ0n) is 9.58. The van der Waals surface area contributed by atoms with Crippen LogP contribution in [0.15, 0.2) is 29.7 Å². The molecular weight excluding hydrogens is 236 g/mol. The van der Waals surface area contributed by atoms with Crippen LogP contribution in [0.25, 0.3) is 0 Å². The number of tetrazole rings is 1. The minimum absolute atomic E-state index is 0.777. The molecule has 0 aliphatic rings. The molecule has 0 aliphatic heterocycles. The molecule has 1 N–H and O–H groups in total. The van der Waals surface area contributed by atoms with Crippen LogP contribution in [0.3, 0.4) is 0 Å². The van der Waals surface area contributed by atoms with Gasteiger partial charge in [0.1, 0.15) is 0 Å². The number of hydrogen-bond donors (Lipinski definition) is 1. The SMILES string of the molecule is CNCCn1nnnc1SCc1cccnc1. The number of likely N-dealkylation sites (N-methyl/N-ethyl adjacent to an activating group) is 1. The molecule has 90 valence electrons. The fourth-order valence-electron chi connectivity index (χ4n) is 1.29. The molecule has 2 aromatic heterocycles. The number of aromatic nitrogens is 5. The molecule has 2 heterocycles. The van der Waals surface area contributed by atoms with E-state index < -0.39 is 0 Å². The average molecular weight is 250 g/mol. The van der Waals surface area contributed by atoms with Crippen LogP contribution in [0.2, 0.25) is 0 Å². The highest BCUT2D eigenvalue weighted by molar-refractivity contribution is 7.98. The standard InChI is InChI=1S/C10H14N6S/c1-11-5-6-16-10(13-14-15-16)17-8-9-3-2-4-12-7-9/h2-4,7,11H,5-6,8H2,1H3. The molecule has 7 heteroatoms. The summed E-state index contributed by atoms with van der Waals surface area (Å²) in [4.78, 5) is 4.07. The number of rotatable bonds is 6. The van der Waals surface area contributed by atoms with Crippen molar-refractivity contribution in [1.82, 2.24) is 30.5 Å². The van der Waals surface area contributed by atoms with Crippen molar-refractivity contribution in [3.63, 3.8) is 0 Å². The lowest BCUT2D eigenvalue weighted by Crippen LogP contribution is -2.16. The van der Waals surface area contributed by atoms with E-state index in [1.807, 2.05) is 25.4 Å². The molecule has 0 bridgehead atoms. The van der Waals surface area contributed by atoms with Crippen LogP contribution in [0.5, 0.6) is 0 Å². The Morgan fingerprint density at radius 3 is 3.18 bits per heavy atom. The van der Waals surface area contributed by atoms with Gasteiger partial charge in [0.05, 0.1) is 6.54 Å². The molecule has 0 spiro atoms. The Balaban J connectivity index is 1.92. The third kappa shape index (κ3) is 3.50. The Morgan fingerprint density at radius 2 is 2.41 bits per heavy atom. The normalized spacial score (nSPS) is 10.6. The van der Waals surface area contributed by atoms with Gasteiger partial charge >= 0.3 is 0 Å². The minimum Gasteiger partial charge on any atom is -0.318 e. The van der Waals surface area contributed by atoms with E-state index in [1.54, 1.807) is 22.6 Å². The second-order valence-electron chi connectivity index (χ2n) is 3.44. The molecule has 0 aromatic carbocycles. The van der Waals surface area contributed by atoms with Gasteiger partial charge in [0.15, 0.2) is 0 Å². The van der Waals surface area contributed by atoms with Crippen molar-refractivity contribution in [2.24, 2.45) is 0 Å². The van der Waals surface area contributed by atoms with Crippen molar-refractivity contribution in [2.75, 3.05) is 13.6 Å². The van der Waals surface area contributed by atoms with E-state index in [9.17, 15) is 0 Å². The molecule has 6 nitrogen and oxygen atoms in total. The number of pyridine rings is 1. The topological polar surface area (TPSA) is 68.5 Å². The maximum Gasteiger partial charge on any atom is 0.209 e. The average Bonchev–Trinajstić information content (AvgIpc) is 2.82. The van der Waals surface area contributed by atoms with Gasteiger partial charge in [-0.3, -0.25) is 4.98 Å². The van der Waals surface area contributed by atoms with E-state index in [0.717, 1.165) is 24.0 Å². The van der Waals surface area contributed by atoms with Gasteiger partial charge in [-0.2, -0.15) is 0 Å². The van der Waals surface area contributed by atoms with Crippen LogP contribution in [0.1, 0.15) is 5.56 Å². The van der Waals surface area contributed by atoms with E-state index in [0.29, 0.717) is 0 Å². The highest BCUT2D eigenvalue weighted by atomic mass is 32.2. The van der Waals surface area contributed by atoms with Crippen molar-refractivity contribution < 1.29 is 0 Å². The predicted octanol–water partition coefficient (Wildman–Crippen LogP) is 0.580. The first kappa shape index (κ1) is 12.0. The number of thioether (sulfide) groups is 1. The van der Waals surface area contributed by atoms with Gasteiger partial charge in [0.2, 0.25) is 5.16 Å². The number of nitrogens with zero attached hydrogens (tertiary/aromatic N) is 5. The van der Waals surface area contributed by atoms with Crippen LogP contribution < -0.4 is 5.32 Å². The summed E-state index contributed by atoms with van der Waals surface area (Å²) >= 11 is 1.62. The number of hydrogen-bond acceptors (Lipinski definition) is 6. The van der Waals surface area contributed by atoms with E-state index in [4.69, 9.17) is 0 Å². The molecular formula is C10H14N6S. The van der Waals surface area contributed by atoms with Crippen LogP contribution in [-0.4, -0.2) is 38.8 Å². The predicted molar refractivity (Wildman–Crippen MR) is 65.5 cm³/mol. The summed E-state index contributed by atoms with van der Waals surface area (Å²) < 4.78 is 1.80. The molecule has 0 radical (unpaired) electrons. The van der Waals surface area contributed by atoms with Crippen molar-refractivity contribution in [3.05, 3.63) is 30.1 Å². The van der Waals surface area contributed by atoms with Gasteiger partial charge in [-0.1, -0.05) is 17.8 Å². The van der Waals surface area contributed by atoms with Crippen molar-refractivity contribution in [1.29, 1.82) is 0 Å². The molecule has 0 amide bonds. The largest absolute Gasteiger partial charge is 0.318 e. The van der Waals surface area contributed by atoms with Crippen molar-refractivity contribution in [2.45, 2.75) is 17.5 Å². The molecule has 0 unspecified atom stereocenters. The Kier molecular flexibility index (Phi) is 4.45. The fraction of sp³-hybridized carbons (Fsp3) is 0.400. The summed E-state index contributed by atoms with van der Waals surface area (Å²) in [7, 11) is 1.91. The first-order valence-corrected chi connectivity index (χ1v) is 6.31. The quantitative estimate of drug-likeness (QED) is 0.756. The Bertz CT molecular complexity index is 443. The summed E-state index contributed by atoms with van der Waals surface area (Å²) in [6, 6.07) is 3.97. The summed E-state index contributed by atoms with van der Waals surface area (Å²) in [5.74, 6) is 0.827. The second kappa shape index (κ2) is 6.31. The Labute approximate surface area is 104 Å². The second-order valence-corrected chi connectivity index (χ2v) is 4.38. The lowest BCUT2D eigenvalue weighted by atomic mass is 10.3. The van der Waals surface area contributed by atoms with Gasteiger partial charge in [-0.05, 0) is 29.1 Å². The lowest BCUT2D eigenvalue weighted by Gasteiger charge is -2.03.